The molecule has 1 unspecified atom stereocenters. The average Bonchev–Trinajstić information content (AvgIpc) is 2.38. The molecule has 1 rings (SSSR count). The molecule has 21 heavy (non-hydrogen) atoms. The van der Waals surface area contributed by atoms with Gasteiger partial charge in [0, 0.05) is 25.6 Å². The van der Waals surface area contributed by atoms with Gasteiger partial charge in [0.05, 0.1) is 0 Å². The highest BCUT2D eigenvalue weighted by Gasteiger charge is 2.20. The lowest BCUT2D eigenvalue weighted by Crippen LogP contribution is -2.42. The minimum atomic E-state index is -0.656. The van der Waals surface area contributed by atoms with Gasteiger partial charge in [-0.15, -0.1) is 0 Å². The van der Waals surface area contributed by atoms with Crippen LogP contribution in [0, 0.1) is 0 Å². The zero-order valence-electron chi connectivity index (χ0n) is 13.1. The molecule has 0 heterocycles. The summed E-state index contributed by atoms with van der Waals surface area (Å²) in [5.41, 5.74) is 0.525. The topological polar surface area (TPSA) is 67.4 Å². The third-order valence-corrected chi connectivity index (χ3v) is 2.74. The van der Waals surface area contributed by atoms with Crippen molar-refractivity contribution in [1.82, 2.24) is 10.6 Å². The predicted molar refractivity (Wildman–Crippen MR) is 81.7 cm³/mol. The van der Waals surface area contributed by atoms with E-state index in [1.807, 2.05) is 51.1 Å². The highest BCUT2D eigenvalue weighted by molar-refractivity contribution is 5.83. The number of methoxy groups -OCH3 is 1. The quantitative estimate of drug-likeness (QED) is 0.840. The Labute approximate surface area is 126 Å². The van der Waals surface area contributed by atoms with Gasteiger partial charge >= 0.3 is 0 Å². The molecule has 5 nitrogen and oxygen atoms in total. The van der Waals surface area contributed by atoms with Crippen LogP contribution in [-0.4, -0.2) is 31.0 Å². The summed E-state index contributed by atoms with van der Waals surface area (Å²) in [6.07, 6.45) is -0.411. The van der Waals surface area contributed by atoms with Crippen LogP contribution in [-0.2, 0) is 14.3 Å². The molecule has 0 radical (unpaired) electrons. The summed E-state index contributed by atoms with van der Waals surface area (Å²) in [5, 5.41) is 5.57. The number of hydrogen-bond donors (Lipinski definition) is 2. The molecule has 0 saturated heterocycles. The van der Waals surface area contributed by atoms with Crippen molar-refractivity contribution in [3.63, 3.8) is 0 Å². The number of amides is 2. The van der Waals surface area contributed by atoms with Crippen molar-refractivity contribution in [1.29, 1.82) is 0 Å². The Balaban J connectivity index is 2.44. The van der Waals surface area contributed by atoms with Gasteiger partial charge in [0.1, 0.15) is 0 Å². The Morgan fingerprint density at radius 3 is 2.33 bits per heavy atom. The van der Waals surface area contributed by atoms with E-state index in [4.69, 9.17) is 4.74 Å². The van der Waals surface area contributed by atoms with Crippen molar-refractivity contribution in [2.75, 3.05) is 13.7 Å². The summed E-state index contributed by atoms with van der Waals surface area (Å²) in [6, 6.07) is 9.25. The molecule has 1 aromatic rings. The molecule has 1 aromatic carbocycles. The Bertz CT molecular complexity index is 466. The van der Waals surface area contributed by atoms with E-state index in [1.54, 1.807) is 0 Å². The van der Waals surface area contributed by atoms with E-state index in [2.05, 4.69) is 10.6 Å². The molecular formula is C16H24N2O3. The van der Waals surface area contributed by atoms with Crippen LogP contribution in [0.3, 0.4) is 0 Å². The fourth-order valence-electron chi connectivity index (χ4n) is 1.90. The number of carbonyl (C=O) groups excluding carboxylic acids is 2. The maximum absolute atomic E-state index is 12.1. The second kappa shape index (κ2) is 7.78. The predicted octanol–water partition coefficient (Wildman–Crippen LogP) is 1.80. The molecule has 116 valence electrons. The molecule has 0 aliphatic carbocycles. The lowest BCUT2D eigenvalue weighted by molar-refractivity contribution is -0.131. The van der Waals surface area contributed by atoms with E-state index in [0.29, 0.717) is 0 Å². The standard InChI is InChI=1S/C16H24N2O3/c1-16(2,3)18-13(19)10-11-17-15(20)14(21-4)12-8-6-5-7-9-12/h5-9,14H,10-11H2,1-4H3,(H,17,20)(H,18,19). The van der Waals surface area contributed by atoms with Crippen molar-refractivity contribution >= 4 is 11.8 Å². The van der Waals surface area contributed by atoms with Crippen LogP contribution in [0.2, 0.25) is 0 Å². The van der Waals surface area contributed by atoms with E-state index in [1.165, 1.54) is 7.11 Å². The second-order valence-corrected chi connectivity index (χ2v) is 5.87. The lowest BCUT2D eigenvalue weighted by Gasteiger charge is -2.21. The van der Waals surface area contributed by atoms with Crippen molar-refractivity contribution in [2.45, 2.75) is 38.8 Å². The number of benzene rings is 1. The lowest BCUT2D eigenvalue weighted by atomic mass is 10.1. The molecule has 0 spiro atoms. The molecular weight excluding hydrogens is 268 g/mol. The largest absolute Gasteiger partial charge is 0.367 e. The highest BCUT2D eigenvalue weighted by atomic mass is 16.5. The van der Waals surface area contributed by atoms with Crippen molar-refractivity contribution in [2.24, 2.45) is 0 Å². The van der Waals surface area contributed by atoms with E-state index >= 15 is 0 Å². The van der Waals surface area contributed by atoms with Gasteiger partial charge in [-0.05, 0) is 26.3 Å². The van der Waals surface area contributed by atoms with Crippen molar-refractivity contribution in [3.8, 4) is 0 Å². The molecule has 0 aliphatic heterocycles. The summed E-state index contributed by atoms with van der Waals surface area (Å²) in [7, 11) is 1.49. The molecule has 1 atom stereocenters. The maximum atomic E-state index is 12.1. The average molecular weight is 292 g/mol. The fourth-order valence-corrected chi connectivity index (χ4v) is 1.90. The monoisotopic (exact) mass is 292 g/mol. The second-order valence-electron chi connectivity index (χ2n) is 5.87. The SMILES string of the molecule is COC(C(=O)NCCC(=O)NC(C)(C)C)c1ccccc1. The zero-order valence-corrected chi connectivity index (χ0v) is 13.1. The minimum absolute atomic E-state index is 0.0866. The number of nitrogens with one attached hydrogen (secondary N) is 2. The summed E-state index contributed by atoms with van der Waals surface area (Å²) in [6.45, 7) is 6.03. The fraction of sp³-hybridized carbons (Fsp3) is 0.500. The van der Waals surface area contributed by atoms with Gasteiger partial charge in [-0.1, -0.05) is 30.3 Å². The maximum Gasteiger partial charge on any atom is 0.253 e. The first-order valence-corrected chi connectivity index (χ1v) is 7.00. The third kappa shape index (κ3) is 6.40. The van der Waals surface area contributed by atoms with E-state index in [9.17, 15) is 9.59 Å². The van der Waals surface area contributed by atoms with Crippen LogP contribution >= 0.6 is 0 Å². The smallest absolute Gasteiger partial charge is 0.253 e. The molecule has 0 aromatic heterocycles. The van der Waals surface area contributed by atoms with Crippen LogP contribution in [0.1, 0.15) is 38.9 Å². The molecule has 0 saturated carbocycles. The molecule has 2 amide bonds. The van der Waals surface area contributed by atoms with E-state index < -0.39 is 6.10 Å². The molecule has 0 fully saturated rings. The Hall–Kier alpha value is -1.88. The van der Waals surface area contributed by atoms with Crippen LogP contribution in [0.5, 0.6) is 0 Å². The third-order valence-electron chi connectivity index (χ3n) is 2.74. The number of ether oxygens (including phenoxy) is 1. The van der Waals surface area contributed by atoms with Gasteiger partial charge in [-0.2, -0.15) is 0 Å². The van der Waals surface area contributed by atoms with Gasteiger partial charge in [-0.3, -0.25) is 9.59 Å². The molecule has 0 bridgehead atoms. The number of carbonyl (C=O) groups is 2. The van der Waals surface area contributed by atoms with E-state index in [-0.39, 0.29) is 30.3 Å². The highest BCUT2D eigenvalue weighted by Crippen LogP contribution is 2.15. The molecule has 5 heteroatoms. The van der Waals surface area contributed by atoms with Gasteiger partial charge in [0.15, 0.2) is 6.10 Å². The van der Waals surface area contributed by atoms with Crippen LogP contribution in [0.25, 0.3) is 0 Å². The first-order valence-electron chi connectivity index (χ1n) is 7.00. The summed E-state index contributed by atoms with van der Waals surface area (Å²) >= 11 is 0. The van der Waals surface area contributed by atoms with Crippen LogP contribution in [0.4, 0.5) is 0 Å². The van der Waals surface area contributed by atoms with Crippen LogP contribution in [0.15, 0.2) is 30.3 Å². The normalized spacial score (nSPS) is 12.6. The molecule has 2 N–H and O–H groups in total. The molecule has 0 aliphatic rings. The van der Waals surface area contributed by atoms with Gasteiger partial charge in [-0.25, -0.2) is 0 Å². The minimum Gasteiger partial charge on any atom is -0.367 e. The first kappa shape index (κ1) is 17.2. The summed E-state index contributed by atoms with van der Waals surface area (Å²) in [5.74, 6) is -0.330. The van der Waals surface area contributed by atoms with Gasteiger partial charge in [0.2, 0.25) is 5.91 Å². The van der Waals surface area contributed by atoms with Crippen molar-refractivity contribution < 1.29 is 14.3 Å². The van der Waals surface area contributed by atoms with E-state index in [0.717, 1.165) is 5.56 Å². The Morgan fingerprint density at radius 2 is 1.81 bits per heavy atom. The Kier molecular flexibility index (Phi) is 6.37. The zero-order chi connectivity index (χ0) is 15.9. The van der Waals surface area contributed by atoms with Crippen molar-refractivity contribution in [3.05, 3.63) is 35.9 Å². The van der Waals surface area contributed by atoms with Gasteiger partial charge in [0.25, 0.3) is 5.91 Å². The van der Waals surface area contributed by atoms with Crippen LogP contribution < -0.4 is 10.6 Å². The number of hydrogen-bond acceptors (Lipinski definition) is 3. The summed E-state index contributed by atoms with van der Waals surface area (Å²) in [4.78, 5) is 23.7. The Morgan fingerprint density at radius 1 is 1.19 bits per heavy atom. The van der Waals surface area contributed by atoms with Gasteiger partial charge < -0.3 is 15.4 Å². The first-order chi connectivity index (χ1) is 9.83. The summed E-state index contributed by atoms with van der Waals surface area (Å²) < 4.78 is 5.22. The number of rotatable bonds is 6.